The lowest BCUT2D eigenvalue weighted by Crippen LogP contribution is -2.14. The normalized spacial score (nSPS) is 11.2. The molecule has 5 heteroatoms. The lowest BCUT2D eigenvalue weighted by Gasteiger charge is -2.18. The van der Waals surface area contributed by atoms with Crippen LogP contribution in [-0.4, -0.2) is 28.6 Å². The van der Waals surface area contributed by atoms with Crippen molar-refractivity contribution in [3.05, 3.63) is 23.3 Å². The molecule has 0 spiro atoms. The Morgan fingerprint density at radius 2 is 1.85 bits per heavy atom. The second-order valence-electron chi connectivity index (χ2n) is 5.93. The summed E-state index contributed by atoms with van der Waals surface area (Å²) in [6.45, 7) is 6.92. The van der Waals surface area contributed by atoms with E-state index in [1.807, 2.05) is 20.8 Å². The molecule has 0 aromatic heterocycles. The number of carboxylic acids is 1. The molecule has 1 aromatic carbocycles. The van der Waals surface area contributed by atoms with Crippen LogP contribution in [0, 0.1) is 12.3 Å². The quantitative estimate of drug-likeness (QED) is 0.810. The summed E-state index contributed by atoms with van der Waals surface area (Å²) in [6.07, 6.45) is 0.315. The van der Waals surface area contributed by atoms with Gasteiger partial charge in [0, 0.05) is 12.0 Å². The number of aliphatic carboxylic acids is 1. The van der Waals surface area contributed by atoms with Crippen LogP contribution in [0.5, 0.6) is 11.5 Å². The van der Waals surface area contributed by atoms with Crippen molar-refractivity contribution in [3.8, 4) is 11.5 Å². The number of hydrogen-bond acceptors (Lipinski definition) is 4. The lowest BCUT2D eigenvalue weighted by molar-refractivity contribution is -0.139. The first-order chi connectivity index (χ1) is 9.11. The van der Waals surface area contributed by atoms with Crippen molar-refractivity contribution in [2.75, 3.05) is 6.61 Å². The van der Waals surface area contributed by atoms with Gasteiger partial charge in [0.1, 0.15) is 11.5 Å². The third-order valence-electron chi connectivity index (χ3n) is 2.72. The fourth-order valence-corrected chi connectivity index (χ4v) is 1.78. The molecule has 2 N–H and O–H groups in total. The Kier molecular flexibility index (Phi) is 4.76. The predicted octanol–water partition coefficient (Wildman–Crippen LogP) is 2.78. The van der Waals surface area contributed by atoms with Gasteiger partial charge in [-0.15, -0.1) is 0 Å². The maximum absolute atomic E-state index is 12.1. The summed E-state index contributed by atoms with van der Waals surface area (Å²) in [5.74, 6) is -1.14. The summed E-state index contributed by atoms with van der Waals surface area (Å²) >= 11 is 0. The van der Waals surface area contributed by atoms with Gasteiger partial charge in [0.25, 0.3) is 0 Å². The minimum absolute atomic E-state index is 0.150. The minimum Gasteiger partial charge on any atom is -0.507 e. The van der Waals surface area contributed by atoms with E-state index in [2.05, 4.69) is 0 Å². The molecular formula is C15H20O5. The number of rotatable bonds is 5. The maximum atomic E-state index is 12.1. The number of ketones is 1. The first-order valence-corrected chi connectivity index (χ1v) is 6.32. The molecule has 0 amide bonds. The van der Waals surface area contributed by atoms with E-state index in [4.69, 9.17) is 9.84 Å². The van der Waals surface area contributed by atoms with Crippen molar-refractivity contribution in [1.82, 2.24) is 0 Å². The molecule has 0 aliphatic carbocycles. The van der Waals surface area contributed by atoms with Gasteiger partial charge in [-0.3, -0.25) is 4.79 Å². The van der Waals surface area contributed by atoms with E-state index in [0.717, 1.165) is 0 Å². The van der Waals surface area contributed by atoms with Gasteiger partial charge in [0.15, 0.2) is 12.4 Å². The van der Waals surface area contributed by atoms with E-state index in [0.29, 0.717) is 12.0 Å². The highest BCUT2D eigenvalue weighted by Gasteiger charge is 2.21. The Labute approximate surface area is 118 Å². The second kappa shape index (κ2) is 5.94. The van der Waals surface area contributed by atoms with Crippen LogP contribution in [0.2, 0.25) is 0 Å². The van der Waals surface area contributed by atoms with E-state index in [1.54, 1.807) is 6.92 Å². The van der Waals surface area contributed by atoms with Gasteiger partial charge in [0.05, 0.1) is 5.56 Å². The van der Waals surface area contributed by atoms with Crippen molar-refractivity contribution >= 4 is 11.8 Å². The van der Waals surface area contributed by atoms with Crippen molar-refractivity contribution < 1.29 is 24.5 Å². The zero-order valence-corrected chi connectivity index (χ0v) is 12.2. The largest absolute Gasteiger partial charge is 0.507 e. The van der Waals surface area contributed by atoms with Crippen molar-refractivity contribution in [3.63, 3.8) is 0 Å². The number of benzene rings is 1. The molecule has 1 rings (SSSR count). The Bertz CT molecular complexity index is 526. The SMILES string of the molecule is Cc1c(OCC(=O)O)ccc(C(=O)CC(C)(C)C)c1O. The standard InChI is InChI=1S/C15H20O5/c1-9-12(20-8-13(17)18)6-5-10(14(9)19)11(16)7-15(2,3)4/h5-6,19H,7-8H2,1-4H3,(H,17,18). The highest BCUT2D eigenvalue weighted by atomic mass is 16.5. The number of ether oxygens (including phenoxy) is 1. The van der Waals surface area contributed by atoms with Crippen molar-refractivity contribution in [2.24, 2.45) is 5.41 Å². The number of phenolic OH excluding ortho intramolecular Hbond substituents is 1. The number of Topliss-reactive ketones (excluding diaryl/α,β-unsaturated/α-hetero) is 1. The molecule has 0 unspecified atom stereocenters. The highest BCUT2D eigenvalue weighted by molar-refractivity contribution is 5.99. The van der Waals surface area contributed by atoms with Gasteiger partial charge in [0.2, 0.25) is 0 Å². The molecule has 0 aliphatic heterocycles. The van der Waals surface area contributed by atoms with Crippen LogP contribution >= 0.6 is 0 Å². The fourth-order valence-electron chi connectivity index (χ4n) is 1.78. The van der Waals surface area contributed by atoms with Crippen molar-refractivity contribution in [2.45, 2.75) is 34.1 Å². The van der Waals surface area contributed by atoms with Crippen LogP contribution in [0.25, 0.3) is 0 Å². The second-order valence-corrected chi connectivity index (χ2v) is 5.93. The first-order valence-electron chi connectivity index (χ1n) is 6.32. The molecule has 0 heterocycles. The summed E-state index contributed by atoms with van der Waals surface area (Å²) in [4.78, 5) is 22.6. The Balaban J connectivity index is 2.99. The average Bonchev–Trinajstić information content (AvgIpc) is 2.28. The third kappa shape index (κ3) is 4.26. The molecule has 0 bridgehead atoms. The highest BCUT2D eigenvalue weighted by Crippen LogP contribution is 2.33. The molecule has 110 valence electrons. The predicted molar refractivity (Wildman–Crippen MR) is 74.4 cm³/mol. The van der Waals surface area contributed by atoms with Gasteiger partial charge >= 0.3 is 5.97 Å². The summed E-state index contributed by atoms with van der Waals surface area (Å²) in [6, 6.07) is 2.97. The molecule has 1 aromatic rings. The molecule has 0 atom stereocenters. The van der Waals surface area contributed by atoms with E-state index in [-0.39, 0.29) is 28.3 Å². The number of aromatic hydroxyl groups is 1. The van der Waals surface area contributed by atoms with Crippen LogP contribution in [0.3, 0.4) is 0 Å². The molecular weight excluding hydrogens is 260 g/mol. The maximum Gasteiger partial charge on any atom is 0.341 e. The monoisotopic (exact) mass is 280 g/mol. The van der Waals surface area contributed by atoms with Gasteiger partial charge in [-0.2, -0.15) is 0 Å². The summed E-state index contributed by atoms with van der Waals surface area (Å²) in [5.41, 5.74) is 0.432. The van der Waals surface area contributed by atoms with Gasteiger partial charge < -0.3 is 14.9 Å². The molecule has 0 aliphatic rings. The summed E-state index contributed by atoms with van der Waals surface area (Å²) in [7, 11) is 0. The topological polar surface area (TPSA) is 83.8 Å². The smallest absolute Gasteiger partial charge is 0.341 e. The molecule has 0 radical (unpaired) electrons. The zero-order chi connectivity index (χ0) is 15.5. The fraction of sp³-hybridized carbons (Fsp3) is 0.467. The van der Waals surface area contributed by atoms with Gasteiger partial charge in [-0.05, 0) is 24.5 Å². The van der Waals surface area contributed by atoms with Crippen LogP contribution in [-0.2, 0) is 4.79 Å². The van der Waals surface area contributed by atoms with Crippen molar-refractivity contribution in [1.29, 1.82) is 0 Å². The van der Waals surface area contributed by atoms with E-state index >= 15 is 0 Å². The number of carbonyl (C=O) groups excluding carboxylic acids is 1. The molecule has 0 saturated carbocycles. The van der Waals surface area contributed by atoms with Crippen LogP contribution in [0.4, 0.5) is 0 Å². The molecule has 20 heavy (non-hydrogen) atoms. The van der Waals surface area contributed by atoms with Gasteiger partial charge in [-0.25, -0.2) is 4.79 Å². The Morgan fingerprint density at radius 3 is 2.35 bits per heavy atom. The number of carboxylic acid groups (broad SMARTS) is 1. The minimum atomic E-state index is -1.10. The number of hydrogen-bond donors (Lipinski definition) is 2. The van der Waals surface area contributed by atoms with Crippen LogP contribution < -0.4 is 4.74 Å². The lowest BCUT2D eigenvalue weighted by atomic mass is 9.87. The Hall–Kier alpha value is -2.04. The van der Waals surface area contributed by atoms with E-state index in [1.165, 1.54) is 12.1 Å². The molecule has 0 saturated heterocycles. The molecule has 0 fully saturated rings. The number of phenols is 1. The third-order valence-corrected chi connectivity index (χ3v) is 2.72. The first kappa shape index (κ1) is 16.0. The average molecular weight is 280 g/mol. The zero-order valence-electron chi connectivity index (χ0n) is 12.2. The Morgan fingerprint density at radius 1 is 1.25 bits per heavy atom. The summed E-state index contributed by atoms with van der Waals surface area (Å²) < 4.78 is 5.04. The van der Waals surface area contributed by atoms with E-state index in [9.17, 15) is 14.7 Å². The molecule has 5 nitrogen and oxygen atoms in total. The van der Waals surface area contributed by atoms with Crippen LogP contribution in [0.15, 0.2) is 12.1 Å². The van der Waals surface area contributed by atoms with Crippen LogP contribution in [0.1, 0.15) is 43.1 Å². The summed E-state index contributed by atoms with van der Waals surface area (Å²) in [5, 5.41) is 18.6. The van der Waals surface area contributed by atoms with E-state index < -0.39 is 12.6 Å². The number of carbonyl (C=O) groups is 2. The van der Waals surface area contributed by atoms with Gasteiger partial charge in [-0.1, -0.05) is 20.8 Å².